The van der Waals surface area contributed by atoms with Crippen LogP contribution in [0.1, 0.15) is 23.1 Å². The van der Waals surface area contributed by atoms with Gasteiger partial charge in [0, 0.05) is 12.2 Å². The van der Waals surface area contributed by atoms with E-state index in [9.17, 15) is 13.2 Å². The van der Waals surface area contributed by atoms with Crippen LogP contribution >= 0.6 is 0 Å². The van der Waals surface area contributed by atoms with Crippen LogP contribution in [0.25, 0.3) is 0 Å². The van der Waals surface area contributed by atoms with Gasteiger partial charge in [0.1, 0.15) is 6.54 Å². The monoisotopic (exact) mass is 372 g/mol. The number of anilines is 2. The topological polar surface area (TPSA) is 57.7 Å². The van der Waals surface area contributed by atoms with Gasteiger partial charge < -0.3 is 4.90 Å². The van der Waals surface area contributed by atoms with Crippen LogP contribution in [0, 0.1) is 13.8 Å². The fraction of sp³-hybridized carbons (Fsp3) is 0.350. The molecule has 0 saturated carbocycles. The average molecular weight is 372 g/mol. The number of carbonyl (C=O) groups excluding carboxylic acids is 1. The van der Waals surface area contributed by atoms with Crippen molar-refractivity contribution in [1.82, 2.24) is 0 Å². The van der Waals surface area contributed by atoms with Crippen molar-refractivity contribution in [2.45, 2.75) is 26.7 Å². The van der Waals surface area contributed by atoms with Gasteiger partial charge in [0.2, 0.25) is 15.9 Å². The zero-order chi connectivity index (χ0) is 18.9. The van der Waals surface area contributed by atoms with Crippen molar-refractivity contribution in [3.63, 3.8) is 0 Å². The third-order valence-corrected chi connectivity index (χ3v) is 5.73. The Bertz CT molecular complexity index is 918. The average Bonchev–Trinajstić information content (AvgIpc) is 2.57. The van der Waals surface area contributed by atoms with Crippen molar-refractivity contribution in [1.29, 1.82) is 0 Å². The van der Waals surface area contributed by atoms with E-state index in [4.69, 9.17) is 0 Å². The van der Waals surface area contributed by atoms with Gasteiger partial charge in [0.15, 0.2) is 0 Å². The molecule has 2 aromatic rings. The molecule has 0 bridgehead atoms. The highest BCUT2D eigenvalue weighted by Gasteiger charge is 2.27. The van der Waals surface area contributed by atoms with Gasteiger partial charge >= 0.3 is 0 Å². The SMILES string of the molecule is Cc1cc(C)cc(N(CC(=O)N2CCCc3ccccc32)S(C)(=O)=O)c1. The Morgan fingerprint density at radius 1 is 1.12 bits per heavy atom. The van der Waals surface area contributed by atoms with Gasteiger partial charge in [-0.1, -0.05) is 24.3 Å². The Hall–Kier alpha value is -2.34. The zero-order valence-corrected chi connectivity index (χ0v) is 16.2. The van der Waals surface area contributed by atoms with Crippen LogP contribution in [0.3, 0.4) is 0 Å². The number of fused-ring (bicyclic) bond motifs is 1. The van der Waals surface area contributed by atoms with Gasteiger partial charge in [0.05, 0.1) is 11.9 Å². The predicted molar refractivity (Wildman–Crippen MR) is 105 cm³/mol. The third-order valence-electron chi connectivity index (χ3n) is 4.58. The molecule has 138 valence electrons. The number of aryl methyl sites for hydroxylation is 3. The number of hydrogen-bond acceptors (Lipinski definition) is 3. The number of carbonyl (C=O) groups is 1. The highest BCUT2D eigenvalue weighted by molar-refractivity contribution is 7.92. The predicted octanol–water partition coefficient (Wildman–Crippen LogP) is 3.05. The fourth-order valence-electron chi connectivity index (χ4n) is 3.50. The summed E-state index contributed by atoms with van der Waals surface area (Å²) in [7, 11) is -3.58. The Morgan fingerprint density at radius 2 is 1.77 bits per heavy atom. The van der Waals surface area contributed by atoms with Gasteiger partial charge in [-0.2, -0.15) is 0 Å². The van der Waals surface area contributed by atoms with Crippen LogP contribution in [-0.4, -0.2) is 33.7 Å². The molecule has 0 aromatic heterocycles. The second-order valence-electron chi connectivity index (χ2n) is 6.89. The van der Waals surface area contributed by atoms with Crippen molar-refractivity contribution in [3.8, 4) is 0 Å². The van der Waals surface area contributed by atoms with Gasteiger partial charge in [-0.3, -0.25) is 9.10 Å². The largest absolute Gasteiger partial charge is 0.311 e. The fourth-order valence-corrected chi connectivity index (χ4v) is 4.33. The molecule has 1 heterocycles. The van der Waals surface area contributed by atoms with Crippen molar-refractivity contribution >= 4 is 27.3 Å². The second kappa shape index (κ2) is 7.11. The number of amides is 1. The lowest BCUT2D eigenvalue weighted by Crippen LogP contribution is -2.44. The standard InChI is InChI=1S/C20H24N2O3S/c1-15-11-16(2)13-18(12-15)22(26(3,24)25)14-20(23)21-10-6-8-17-7-4-5-9-19(17)21/h4-5,7,9,11-13H,6,8,10,14H2,1-3H3. The lowest BCUT2D eigenvalue weighted by Gasteiger charge is -2.32. The van der Waals surface area contributed by atoms with E-state index >= 15 is 0 Å². The molecule has 0 radical (unpaired) electrons. The molecule has 0 fully saturated rings. The Morgan fingerprint density at radius 3 is 2.42 bits per heavy atom. The van der Waals surface area contributed by atoms with E-state index in [1.807, 2.05) is 44.2 Å². The number of para-hydroxylation sites is 1. The number of benzene rings is 2. The van der Waals surface area contributed by atoms with E-state index in [1.165, 1.54) is 4.31 Å². The summed E-state index contributed by atoms with van der Waals surface area (Å²) < 4.78 is 25.9. The Balaban J connectivity index is 1.92. The first kappa shape index (κ1) is 18.5. The third kappa shape index (κ3) is 3.90. The quantitative estimate of drug-likeness (QED) is 0.829. The molecule has 2 aromatic carbocycles. The van der Waals surface area contributed by atoms with Gasteiger partial charge in [-0.05, 0) is 61.6 Å². The van der Waals surface area contributed by atoms with Crippen LogP contribution in [0.4, 0.5) is 11.4 Å². The zero-order valence-electron chi connectivity index (χ0n) is 15.4. The summed E-state index contributed by atoms with van der Waals surface area (Å²) in [4.78, 5) is 14.7. The van der Waals surface area contributed by atoms with E-state index in [0.717, 1.165) is 41.5 Å². The molecule has 6 heteroatoms. The molecule has 26 heavy (non-hydrogen) atoms. The van der Waals surface area contributed by atoms with Crippen LogP contribution in [0.2, 0.25) is 0 Å². The van der Waals surface area contributed by atoms with Crippen molar-refractivity contribution in [3.05, 3.63) is 59.2 Å². The molecule has 0 unspecified atom stereocenters. The maximum Gasteiger partial charge on any atom is 0.247 e. The van der Waals surface area contributed by atoms with Crippen LogP contribution in [0.15, 0.2) is 42.5 Å². The number of hydrogen-bond donors (Lipinski definition) is 0. The summed E-state index contributed by atoms with van der Waals surface area (Å²) in [5, 5.41) is 0. The molecule has 0 saturated heterocycles. The second-order valence-corrected chi connectivity index (χ2v) is 8.80. The number of sulfonamides is 1. The Labute approximate surface area is 155 Å². The number of rotatable bonds is 4. The molecule has 5 nitrogen and oxygen atoms in total. The van der Waals surface area contributed by atoms with E-state index in [0.29, 0.717) is 12.2 Å². The van der Waals surface area contributed by atoms with Gasteiger partial charge in [-0.25, -0.2) is 8.42 Å². The first-order valence-corrected chi connectivity index (χ1v) is 10.5. The normalized spacial score (nSPS) is 14.0. The maximum atomic E-state index is 13.0. The maximum absolute atomic E-state index is 13.0. The lowest BCUT2D eigenvalue weighted by atomic mass is 10.0. The summed E-state index contributed by atoms with van der Waals surface area (Å²) in [5.74, 6) is -0.207. The highest BCUT2D eigenvalue weighted by atomic mass is 32.2. The summed E-state index contributed by atoms with van der Waals surface area (Å²) in [6, 6.07) is 13.4. The lowest BCUT2D eigenvalue weighted by molar-refractivity contribution is -0.117. The Kier molecular flexibility index (Phi) is 5.05. The summed E-state index contributed by atoms with van der Waals surface area (Å²) in [6.45, 7) is 4.25. The smallest absolute Gasteiger partial charge is 0.247 e. The minimum absolute atomic E-state index is 0.198. The number of nitrogens with zero attached hydrogens (tertiary/aromatic N) is 2. The van der Waals surface area contributed by atoms with Crippen molar-refractivity contribution in [2.75, 3.05) is 28.6 Å². The minimum Gasteiger partial charge on any atom is -0.311 e. The van der Waals surface area contributed by atoms with E-state index in [2.05, 4.69) is 0 Å². The van der Waals surface area contributed by atoms with Crippen LogP contribution < -0.4 is 9.21 Å². The molecule has 0 aliphatic carbocycles. The molecular weight excluding hydrogens is 348 g/mol. The molecular formula is C20H24N2O3S. The highest BCUT2D eigenvalue weighted by Crippen LogP contribution is 2.28. The van der Waals surface area contributed by atoms with Gasteiger partial charge in [-0.15, -0.1) is 0 Å². The van der Waals surface area contributed by atoms with E-state index < -0.39 is 10.0 Å². The van der Waals surface area contributed by atoms with Crippen molar-refractivity contribution < 1.29 is 13.2 Å². The van der Waals surface area contributed by atoms with E-state index in [-0.39, 0.29) is 12.5 Å². The molecule has 3 rings (SSSR count). The van der Waals surface area contributed by atoms with Gasteiger partial charge in [0.25, 0.3) is 0 Å². The van der Waals surface area contributed by atoms with Crippen LogP contribution in [0.5, 0.6) is 0 Å². The molecule has 0 N–H and O–H groups in total. The minimum atomic E-state index is -3.58. The molecule has 0 spiro atoms. The van der Waals surface area contributed by atoms with Crippen LogP contribution in [-0.2, 0) is 21.2 Å². The summed E-state index contributed by atoms with van der Waals surface area (Å²) >= 11 is 0. The van der Waals surface area contributed by atoms with Crippen molar-refractivity contribution in [2.24, 2.45) is 0 Å². The summed E-state index contributed by atoms with van der Waals surface area (Å²) in [5.41, 5.74) is 4.47. The van der Waals surface area contributed by atoms with E-state index in [1.54, 1.807) is 17.0 Å². The first-order valence-electron chi connectivity index (χ1n) is 8.70. The molecule has 1 aliphatic heterocycles. The molecule has 1 amide bonds. The first-order chi connectivity index (χ1) is 12.3. The molecule has 1 aliphatic rings. The summed E-state index contributed by atoms with van der Waals surface area (Å²) in [6.07, 6.45) is 2.96. The molecule has 0 atom stereocenters.